The number of aliphatic hydroxyl groups is 1. The number of hydrogen-bond donors (Lipinski definition) is 2. The highest BCUT2D eigenvalue weighted by molar-refractivity contribution is 6.32. The molecular weight excluding hydrogens is 353 g/mol. The summed E-state index contributed by atoms with van der Waals surface area (Å²) in [4.78, 5) is 0. The van der Waals surface area contributed by atoms with Crippen molar-refractivity contribution in [2.45, 2.75) is 45.1 Å². The molecule has 1 unspecified atom stereocenters. The molecule has 0 spiro atoms. The lowest BCUT2D eigenvalue weighted by Crippen LogP contribution is -2.23. The van der Waals surface area contributed by atoms with Gasteiger partial charge in [0.2, 0.25) is 0 Å². The minimum atomic E-state index is -0.599. The Morgan fingerprint density at radius 2 is 1.88 bits per heavy atom. The van der Waals surface area contributed by atoms with E-state index < -0.39 is 6.10 Å². The highest BCUT2D eigenvalue weighted by atomic mass is 35.5. The summed E-state index contributed by atoms with van der Waals surface area (Å²) in [7, 11) is 0. The van der Waals surface area contributed by atoms with Gasteiger partial charge in [0.1, 0.15) is 0 Å². The molecule has 0 bridgehead atoms. The Kier molecular flexibility index (Phi) is 6.40. The maximum atomic E-state index is 10.7. The average molecular weight is 378 g/mol. The molecule has 1 aliphatic rings. The van der Waals surface area contributed by atoms with E-state index in [1.54, 1.807) is 0 Å². The van der Waals surface area contributed by atoms with Crippen LogP contribution in [0.25, 0.3) is 11.1 Å². The van der Waals surface area contributed by atoms with Crippen LogP contribution >= 0.6 is 23.2 Å². The molecule has 0 fully saturated rings. The third kappa shape index (κ3) is 4.20. The van der Waals surface area contributed by atoms with Crippen molar-refractivity contribution in [3.63, 3.8) is 0 Å². The van der Waals surface area contributed by atoms with Crippen molar-refractivity contribution < 1.29 is 5.11 Å². The van der Waals surface area contributed by atoms with Crippen molar-refractivity contribution in [3.8, 4) is 11.1 Å². The van der Waals surface area contributed by atoms with Crippen molar-refractivity contribution in [1.82, 2.24) is 5.32 Å². The lowest BCUT2D eigenvalue weighted by Gasteiger charge is -2.18. The van der Waals surface area contributed by atoms with E-state index in [1.807, 2.05) is 24.3 Å². The minimum absolute atomic E-state index is 0.527. The highest BCUT2D eigenvalue weighted by Crippen LogP contribution is 2.43. The Morgan fingerprint density at radius 3 is 2.68 bits per heavy atom. The zero-order valence-electron chi connectivity index (χ0n) is 14.6. The smallest absolute Gasteiger partial charge is 0.0931 e. The molecule has 0 saturated carbocycles. The lowest BCUT2D eigenvalue weighted by molar-refractivity contribution is 0.174. The first-order valence-electron chi connectivity index (χ1n) is 9.10. The molecule has 134 valence electrons. The molecule has 3 rings (SSSR count). The fourth-order valence-electron chi connectivity index (χ4n) is 3.62. The molecular formula is C21H25Cl2NO. The van der Waals surface area contributed by atoms with Gasteiger partial charge in [-0.05, 0) is 59.8 Å². The normalized spacial score (nSPS) is 13.6. The van der Waals surface area contributed by atoms with Crippen LogP contribution in [0, 0.1) is 0 Å². The maximum Gasteiger partial charge on any atom is 0.0931 e. The number of hydrogen-bond acceptors (Lipinski definition) is 2. The molecule has 2 nitrogen and oxygen atoms in total. The lowest BCUT2D eigenvalue weighted by atomic mass is 9.97. The van der Waals surface area contributed by atoms with Crippen molar-refractivity contribution in [1.29, 1.82) is 0 Å². The average Bonchev–Trinajstić information content (AvgIpc) is 2.94. The van der Waals surface area contributed by atoms with Crippen molar-refractivity contribution in [2.24, 2.45) is 0 Å². The Morgan fingerprint density at radius 1 is 1.08 bits per heavy atom. The molecule has 0 radical (unpaired) electrons. The highest BCUT2D eigenvalue weighted by Gasteiger charge is 2.26. The van der Waals surface area contributed by atoms with E-state index in [9.17, 15) is 5.11 Å². The van der Waals surface area contributed by atoms with Crippen LogP contribution < -0.4 is 5.32 Å². The number of unbranched alkanes of at least 4 members (excludes halogenated alkanes) is 3. The number of nitrogens with one attached hydrogen (secondary N) is 1. The SMILES string of the molecule is CCCCCCNCC(O)c1c(Cl)ccc2c1Cc1cc(Cl)ccc1-2. The Balaban J connectivity index is 1.73. The fraction of sp³-hybridized carbons (Fsp3) is 0.429. The number of rotatable bonds is 8. The number of aliphatic hydroxyl groups excluding tert-OH is 1. The van der Waals surface area contributed by atoms with Crippen LogP contribution in [-0.2, 0) is 6.42 Å². The van der Waals surface area contributed by atoms with Crippen LogP contribution in [0.5, 0.6) is 0 Å². The summed E-state index contributed by atoms with van der Waals surface area (Å²) in [5, 5.41) is 15.5. The summed E-state index contributed by atoms with van der Waals surface area (Å²) in [6.07, 6.45) is 5.05. The predicted molar refractivity (Wildman–Crippen MR) is 107 cm³/mol. The molecule has 0 aromatic heterocycles. The first-order chi connectivity index (χ1) is 12.1. The molecule has 4 heteroatoms. The molecule has 25 heavy (non-hydrogen) atoms. The molecule has 1 aliphatic carbocycles. The molecule has 0 aliphatic heterocycles. The van der Waals surface area contributed by atoms with Crippen LogP contribution in [0.4, 0.5) is 0 Å². The van der Waals surface area contributed by atoms with E-state index in [0.29, 0.717) is 11.6 Å². The van der Waals surface area contributed by atoms with Gasteiger partial charge in [0, 0.05) is 22.2 Å². The van der Waals surface area contributed by atoms with E-state index in [0.717, 1.165) is 41.1 Å². The van der Waals surface area contributed by atoms with Gasteiger partial charge in [0.05, 0.1) is 6.10 Å². The van der Waals surface area contributed by atoms with Gasteiger partial charge in [-0.2, -0.15) is 0 Å². The number of fused-ring (bicyclic) bond motifs is 3. The Labute approximate surface area is 160 Å². The first kappa shape index (κ1) is 18.7. The van der Waals surface area contributed by atoms with Crippen LogP contribution in [0.3, 0.4) is 0 Å². The Hall–Kier alpha value is -1.06. The first-order valence-corrected chi connectivity index (χ1v) is 9.86. The summed E-state index contributed by atoms with van der Waals surface area (Å²) >= 11 is 12.6. The summed E-state index contributed by atoms with van der Waals surface area (Å²) < 4.78 is 0. The molecule has 2 aromatic carbocycles. The zero-order valence-corrected chi connectivity index (χ0v) is 16.1. The summed E-state index contributed by atoms with van der Waals surface area (Å²) in [5.41, 5.74) is 5.54. The van der Waals surface area contributed by atoms with Crippen LogP contribution in [0.15, 0.2) is 30.3 Å². The van der Waals surface area contributed by atoms with Crippen LogP contribution in [0.2, 0.25) is 10.0 Å². The Bertz CT molecular complexity index is 745. The van der Waals surface area contributed by atoms with Gasteiger partial charge in [-0.25, -0.2) is 0 Å². The largest absolute Gasteiger partial charge is 0.387 e. The monoisotopic (exact) mass is 377 g/mol. The second-order valence-corrected chi connectivity index (χ2v) is 7.59. The topological polar surface area (TPSA) is 32.3 Å². The second-order valence-electron chi connectivity index (χ2n) is 6.75. The summed E-state index contributed by atoms with van der Waals surface area (Å²) in [6, 6.07) is 9.92. The molecule has 2 aromatic rings. The van der Waals surface area contributed by atoms with Crippen molar-refractivity contribution >= 4 is 23.2 Å². The molecule has 2 N–H and O–H groups in total. The quantitative estimate of drug-likeness (QED) is 0.488. The zero-order chi connectivity index (χ0) is 17.8. The third-order valence-electron chi connectivity index (χ3n) is 4.91. The van der Waals surface area contributed by atoms with E-state index >= 15 is 0 Å². The summed E-state index contributed by atoms with van der Waals surface area (Å²) in [5.74, 6) is 0. The van der Waals surface area contributed by atoms with Crippen molar-refractivity contribution in [3.05, 3.63) is 57.1 Å². The number of benzene rings is 2. The molecule has 0 saturated heterocycles. The maximum absolute atomic E-state index is 10.7. The second kappa shape index (κ2) is 8.55. The standard InChI is InChI=1S/C21H25Cl2NO/c1-2-3-4-5-10-24-13-20(25)21-18-12-14-11-15(22)6-7-16(14)17(18)8-9-19(21)23/h6-9,11,20,24-25H,2-5,10,12-13H2,1H3. The van der Waals surface area contributed by atoms with Crippen LogP contribution in [-0.4, -0.2) is 18.2 Å². The van der Waals surface area contributed by atoms with E-state index in [4.69, 9.17) is 23.2 Å². The third-order valence-corrected chi connectivity index (χ3v) is 5.47. The van der Waals surface area contributed by atoms with Gasteiger partial charge in [-0.3, -0.25) is 0 Å². The van der Waals surface area contributed by atoms with Gasteiger partial charge in [-0.1, -0.05) is 61.5 Å². The van der Waals surface area contributed by atoms with E-state index in [1.165, 1.54) is 30.4 Å². The van der Waals surface area contributed by atoms with E-state index in [2.05, 4.69) is 18.3 Å². The van der Waals surface area contributed by atoms with Crippen LogP contribution in [0.1, 0.15) is 55.4 Å². The minimum Gasteiger partial charge on any atom is -0.387 e. The number of halogens is 2. The van der Waals surface area contributed by atoms with Gasteiger partial charge < -0.3 is 10.4 Å². The predicted octanol–water partition coefficient (Wildman–Crippen LogP) is 5.77. The van der Waals surface area contributed by atoms with Gasteiger partial charge >= 0.3 is 0 Å². The van der Waals surface area contributed by atoms with Crippen molar-refractivity contribution in [2.75, 3.05) is 13.1 Å². The fourth-order valence-corrected chi connectivity index (χ4v) is 4.12. The van der Waals surface area contributed by atoms with Gasteiger partial charge in [0.15, 0.2) is 0 Å². The van der Waals surface area contributed by atoms with Gasteiger partial charge in [-0.15, -0.1) is 0 Å². The molecule has 0 heterocycles. The molecule has 1 atom stereocenters. The van der Waals surface area contributed by atoms with E-state index in [-0.39, 0.29) is 0 Å². The summed E-state index contributed by atoms with van der Waals surface area (Å²) in [6.45, 7) is 3.67. The van der Waals surface area contributed by atoms with Gasteiger partial charge in [0.25, 0.3) is 0 Å². The molecule has 0 amide bonds.